The lowest BCUT2D eigenvalue weighted by molar-refractivity contribution is 0.0952. The Morgan fingerprint density at radius 3 is 2.25 bits per heavy atom. The molecule has 0 spiro atoms. The van der Waals surface area contributed by atoms with Crippen LogP contribution in [0.3, 0.4) is 0 Å². The first kappa shape index (κ1) is 23.6. The molecule has 0 aliphatic carbocycles. The number of amides is 1. The zero-order valence-electron chi connectivity index (χ0n) is 19.6. The number of benzene rings is 5. The number of carbonyl (C=O) groups is 1. The smallest absolute Gasteiger partial charge is 0.275 e. The molecule has 1 N–H and O–H groups in total. The van der Waals surface area contributed by atoms with Gasteiger partial charge >= 0.3 is 0 Å². The van der Waals surface area contributed by atoms with Gasteiger partial charge in [-0.2, -0.15) is 5.10 Å². The molecule has 0 heterocycles. The molecule has 0 saturated carbocycles. The second kappa shape index (κ2) is 10.6. The number of rotatable bonds is 7. The van der Waals surface area contributed by atoms with E-state index in [2.05, 4.69) is 56.8 Å². The Balaban J connectivity index is 1.23. The highest BCUT2D eigenvalue weighted by atomic mass is 79.9. The molecular weight excluding hydrogens is 516 g/mol. The van der Waals surface area contributed by atoms with Gasteiger partial charge in [-0.3, -0.25) is 4.79 Å². The Morgan fingerprint density at radius 2 is 1.53 bits per heavy atom. The lowest BCUT2D eigenvalue weighted by Crippen LogP contribution is -2.18. The summed E-state index contributed by atoms with van der Waals surface area (Å²) in [4.78, 5) is 12.7. The number of hydrogen-bond acceptors (Lipinski definition) is 4. The van der Waals surface area contributed by atoms with Gasteiger partial charge in [-0.05, 0) is 85.0 Å². The Hall–Kier alpha value is -4.16. The lowest BCUT2D eigenvalue weighted by Gasteiger charge is -2.10. The van der Waals surface area contributed by atoms with Crippen molar-refractivity contribution < 1.29 is 14.3 Å². The van der Waals surface area contributed by atoms with E-state index in [4.69, 9.17) is 9.47 Å². The molecule has 5 rings (SSSR count). The number of fused-ring (bicyclic) bond motifs is 2. The van der Waals surface area contributed by atoms with Crippen molar-refractivity contribution in [1.29, 1.82) is 0 Å². The second-order valence-electron chi connectivity index (χ2n) is 8.26. The first-order valence-corrected chi connectivity index (χ1v) is 12.2. The van der Waals surface area contributed by atoms with Gasteiger partial charge in [0.2, 0.25) is 0 Å². The van der Waals surface area contributed by atoms with Crippen LogP contribution in [0.5, 0.6) is 11.5 Å². The highest BCUT2D eigenvalue weighted by molar-refractivity contribution is 9.10. The normalized spacial score (nSPS) is 11.2. The summed E-state index contributed by atoms with van der Waals surface area (Å²) in [5.41, 5.74) is 4.92. The van der Waals surface area contributed by atoms with Crippen LogP contribution in [0.15, 0.2) is 107 Å². The van der Waals surface area contributed by atoms with Crippen molar-refractivity contribution in [3.63, 3.8) is 0 Å². The van der Waals surface area contributed by atoms with E-state index in [1.807, 2.05) is 60.7 Å². The maximum absolute atomic E-state index is 12.7. The van der Waals surface area contributed by atoms with Crippen molar-refractivity contribution in [2.75, 3.05) is 7.11 Å². The van der Waals surface area contributed by atoms with Crippen molar-refractivity contribution in [1.82, 2.24) is 5.43 Å². The van der Waals surface area contributed by atoms with Crippen LogP contribution < -0.4 is 14.9 Å². The molecule has 0 aliphatic rings. The number of nitrogens with zero attached hydrogens (tertiary/aromatic N) is 1. The molecule has 0 bridgehead atoms. The van der Waals surface area contributed by atoms with Gasteiger partial charge in [0.15, 0.2) is 0 Å². The lowest BCUT2D eigenvalue weighted by atomic mass is 10.1. The summed E-state index contributed by atoms with van der Waals surface area (Å²) in [5.74, 6) is 0.880. The second-order valence-corrected chi connectivity index (χ2v) is 9.11. The molecule has 0 unspecified atom stereocenters. The Bertz CT molecular complexity index is 1600. The summed E-state index contributed by atoms with van der Waals surface area (Å²) >= 11 is 3.57. The van der Waals surface area contributed by atoms with Crippen LogP contribution in [0.25, 0.3) is 21.5 Å². The van der Waals surface area contributed by atoms with E-state index in [-0.39, 0.29) is 5.91 Å². The number of nitrogens with one attached hydrogen (secondary N) is 1. The minimum absolute atomic E-state index is 0.344. The monoisotopic (exact) mass is 538 g/mol. The van der Waals surface area contributed by atoms with E-state index in [0.29, 0.717) is 17.9 Å². The quantitative estimate of drug-likeness (QED) is 0.177. The molecule has 0 saturated heterocycles. The highest BCUT2D eigenvalue weighted by Gasteiger charge is 2.13. The van der Waals surface area contributed by atoms with E-state index in [9.17, 15) is 4.79 Å². The summed E-state index contributed by atoms with van der Waals surface area (Å²) < 4.78 is 12.2. The third kappa shape index (κ3) is 5.24. The van der Waals surface area contributed by atoms with Gasteiger partial charge in [-0.25, -0.2) is 5.43 Å². The number of ether oxygens (including phenoxy) is 2. The van der Waals surface area contributed by atoms with Crippen LogP contribution in [0, 0.1) is 0 Å². The number of methoxy groups -OCH3 is 1. The standard InChI is InChI=1S/C30H23BrN2O3/c1-35-29-17-25-9-5-4-8-24(25)16-26(29)30(34)33-32-18-20-11-13-28(27(31)15-20)36-19-21-10-12-22-6-2-3-7-23(22)14-21/h2-18H,19H2,1H3,(H,33,34)/b32-18-. The summed E-state index contributed by atoms with van der Waals surface area (Å²) in [7, 11) is 1.55. The van der Waals surface area contributed by atoms with Gasteiger partial charge in [0.25, 0.3) is 5.91 Å². The highest BCUT2D eigenvalue weighted by Crippen LogP contribution is 2.28. The van der Waals surface area contributed by atoms with Crippen LogP contribution >= 0.6 is 15.9 Å². The third-order valence-corrected chi connectivity index (χ3v) is 6.48. The van der Waals surface area contributed by atoms with E-state index in [1.165, 1.54) is 10.8 Å². The van der Waals surface area contributed by atoms with Gasteiger partial charge < -0.3 is 9.47 Å². The maximum atomic E-state index is 12.7. The molecule has 5 nitrogen and oxygen atoms in total. The summed E-state index contributed by atoms with van der Waals surface area (Å²) in [6.45, 7) is 0.459. The van der Waals surface area contributed by atoms with Crippen molar-refractivity contribution in [2.45, 2.75) is 6.61 Å². The fourth-order valence-electron chi connectivity index (χ4n) is 4.00. The van der Waals surface area contributed by atoms with Crippen molar-refractivity contribution in [3.05, 3.63) is 118 Å². The van der Waals surface area contributed by atoms with Gasteiger partial charge in [-0.15, -0.1) is 0 Å². The van der Waals surface area contributed by atoms with Crippen LogP contribution in [-0.2, 0) is 6.61 Å². The Kier molecular flexibility index (Phi) is 6.96. The number of hydrogen-bond donors (Lipinski definition) is 1. The molecule has 178 valence electrons. The van der Waals surface area contributed by atoms with Gasteiger partial charge in [-0.1, -0.05) is 60.7 Å². The molecule has 36 heavy (non-hydrogen) atoms. The topological polar surface area (TPSA) is 59.9 Å². The molecule has 5 aromatic carbocycles. The molecule has 0 fully saturated rings. The number of carbonyl (C=O) groups excluding carboxylic acids is 1. The van der Waals surface area contributed by atoms with Crippen molar-refractivity contribution in [3.8, 4) is 11.5 Å². The molecule has 6 heteroatoms. The first-order chi connectivity index (χ1) is 17.6. The third-order valence-electron chi connectivity index (χ3n) is 5.86. The first-order valence-electron chi connectivity index (χ1n) is 11.4. The average Bonchev–Trinajstić information content (AvgIpc) is 2.91. The summed E-state index contributed by atoms with van der Waals surface area (Å²) in [5, 5.41) is 8.47. The summed E-state index contributed by atoms with van der Waals surface area (Å²) in [6, 6.07) is 31.7. The minimum Gasteiger partial charge on any atom is -0.496 e. The minimum atomic E-state index is -0.344. The van der Waals surface area contributed by atoms with Crippen LogP contribution in [-0.4, -0.2) is 19.2 Å². The van der Waals surface area contributed by atoms with E-state index in [1.54, 1.807) is 19.4 Å². The van der Waals surface area contributed by atoms with E-state index in [0.717, 1.165) is 32.1 Å². The fourth-order valence-corrected chi connectivity index (χ4v) is 4.51. The molecule has 0 aliphatic heterocycles. The van der Waals surface area contributed by atoms with Crippen molar-refractivity contribution in [2.24, 2.45) is 5.10 Å². The zero-order chi connectivity index (χ0) is 24.9. The van der Waals surface area contributed by atoms with Gasteiger partial charge in [0.1, 0.15) is 18.1 Å². The van der Waals surface area contributed by atoms with Gasteiger partial charge in [0, 0.05) is 0 Å². The average molecular weight is 539 g/mol. The predicted molar refractivity (Wildman–Crippen MR) is 148 cm³/mol. The fraction of sp³-hybridized carbons (Fsp3) is 0.0667. The van der Waals surface area contributed by atoms with E-state index >= 15 is 0 Å². The maximum Gasteiger partial charge on any atom is 0.275 e. The van der Waals surface area contributed by atoms with Crippen LogP contribution in [0.4, 0.5) is 0 Å². The van der Waals surface area contributed by atoms with Crippen LogP contribution in [0.2, 0.25) is 0 Å². The van der Waals surface area contributed by atoms with Crippen LogP contribution in [0.1, 0.15) is 21.5 Å². The molecule has 0 atom stereocenters. The molecule has 5 aromatic rings. The zero-order valence-corrected chi connectivity index (χ0v) is 21.2. The largest absolute Gasteiger partial charge is 0.496 e. The van der Waals surface area contributed by atoms with Gasteiger partial charge in [0.05, 0.1) is 23.4 Å². The molecule has 0 radical (unpaired) electrons. The SMILES string of the molecule is COc1cc2ccccc2cc1C(=O)N/N=C\c1ccc(OCc2ccc3ccccc3c2)c(Br)c1. The molecule has 0 aromatic heterocycles. The molecular formula is C30H23BrN2O3. The predicted octanol–water partition coefficient (Wildman–Crippen LogP) is 7.11. The Labute approximate surface area is 217 Å². The number of hydrazone groups is 1. The van der Waals surface area contributed by atoms with Crippen molar-refractivity contribution >= 4 is 49.6 Å². The number of halogens is 1. The summed E-state index contributed by atoms with van der Waals surface area (Å²) in [6.07, 6.45) is 1.59. The molecule has 1 amide bonds. The van der Waals surface area contributed by atoms with E-state index < -0.39 is 0 Å². The Morgan fingerprint density at radius 1 is 0.833 bits per heavy atom.